The summed E-state index contributed by atoms with van der Waals surface area (Å²) < 4.78 is 21.3. The van der Waals surface area contributed by atoms with Gasteiger partial charge in [0.05, 0.1) is 31.2 Å². The van der Waals surface area contributed by atoms with Gasteiger partial charge in [0.2, 0.25) is 0 Å². The highest BCUT2D eigenvalue weighted by atomic mass is 19.1. The van der Waals surface area contributed by atoms with Gasteiger partial charge in [0.25, 0.3) is 0 Å². The van der Waals surface area contributed by atoms with Gasteiger partial charge in [-0.05, 0) is 30.3 Å². The minimum absolute atomic E-state index is 0.0145. The fourth-order valence-corrected chi connectivity index (χ4v) is 2.95. The number of rotatable bonds is 7. The molecule has 0 radical (unpaired) electrons. The lowest BCUT2D eigenvalue weighted by Gasteiger charge is -2.09. The van der Waals surface area contributed by atoms with E-state index >= 15 is 0 Å². The van der Waals surface area contributed by atoms with Crippen LogP contribution in [0.5, 0.6) is 5.75 Å². The Kier molecular flexibility index (Phi) is 5.62. The first kappa shape index (κ1) is 19.5. The van der Waals surface area contributed by atoms with Gasteiger partial charge in [0.1, 0.15) is 17.4 Å². The normalized spacial score (nSPS) is 10.8. The number of aliphatic hydroxyl groups excluding tert-OH is 1. The zero-order valence-electron chi connectivity index (χ0n) is 16.2. The molecule has 9 heteroatoms. The van der Waals surface area contributed by atoms with E-state index in [4.69, 9.17) is 9.84 Å². The van der Waals surface area contributed by atoms with E-state index in [-0.39, 0.29) is 18.0 Å². The molecular weight excluding hydrogens is 387 g/mol. The van der Waals surface area contributed by atoms with Crippen LogP contribution in [0, 0.1) is 5.82 Å². The van der Waals surface area contributed by atoms with Crippen LogP contribution in [-0.2, 0) is 0 Å². The van der Waals surface area contributed by atoms with E-state index in [0.29, 0.717) is 29.6 Å². The first-order valence-corrected chi connectivity index (χ1v) is 9.22. The number of halogens is 1. The molecule has 30 heavy (non-hydrogen) atoms. The number of hydrogen-bond acceptors (Lipinski definition) is 7. The van der Waals surface area contributed by atoms with Crippen molar-refractivity contribution in [2.24, 2.45) is 0 Å². The third-order valence-electron chi connectivity index (χ3n) is 4.34. The van der Waals surface area contributed by atoms with Gasteiger partial charge in [-0.3, -0.25) is 0 Å². The fraction of sp³-hybridized carbons (Fsp3) is 0.143. The Balaban J connectivity index is 1.66. The van der Waals surface area contributed by atoms with Crippen molar-refractivity contribution in [1.29, 1.82) is 0 Å². The summed E-state index contributed by atoms with van der Waals surface area (Å²) in [7, 11) is 1.47. The van der Waals surface area contributed by atoms with Crippen LogP contribution in [0.15, 0.2) is 61.1 Å². The molecule has 3 aromatic heterocycles. The average Bonchev–Trinajstić information content (AvgIpc) is 3.28. The molecule has 0 aliphatic carbocycles. The van der Waals surface area contributed by atoms with Crippen molar-refractivity contribution in [2.75, 3.05) is 25.6 Å². The van der Waals surface area contributed by atoms with Crippen molar-refractivity contribution in [2.45, 2.75) is 0 Å². The highest BCUT2D eigenvalue weighted by molar-refractivity contribution is 5.68. The summed E-state index contributed by atoms with van der Waals surface area (Å²) in [6, 6.07) is 11.8. The van der Waals surface area contributed by atoms with Gasteiger partial charge in [-0.25, -0.2) is 24.0 Å². The predicted molar refractivity (Wildman–Crippen MR) is 110 cm³/mol. The lowest BCUT2D eigenvalue weighted by atomic mass is 10.1. The summed E-state index contributed by atoms with van der Waals surface area (Å²) in [6.45, 7) is 0.421. The molecule has 1 aromatic carbocycles. The van der Waals surface area contributed by atoms with E-state index in [0.717, 1.165) is 5.56 Å². The number of ether oxygens (including phenoxy) is 1. The predicted octanol–water partition coefficient (Wildman–Crippen LogP) is 2.94. The third-order valence-corrected chi connectivity index (χ3v) is 4.34. The van der Waals surface area contributed by atoms with Crippen molar-refractivity contribution in [1.82, 2.24) is 24.7 Å². The number of aromatic nitrogens is 5. The topological polar surface area (TPSA) is 98.0 Å². The molecule has 4 aromatic rings. The largest absolute Gasteiger partial charge is 0.496 e. The van der Waals surface area contributed by atoms with E-state index < -0.39 is 5.82 Å². The van der Waals surface area contributed by atoms with Crippen LogP contribution in [0.3, 0.4) is 0 Å². The van der Waals surface area contributed by atoms with Gasteiger partial charge >= 0.3 is 0 Å². The minimum atomic E-state index is -0.460. The van der Waals surface area contributed by atoms with Crippen molar-refractivity contribution in [3.05, 3.63) is 66.9 Å². The van der Waals surface area contributed by atoms with Crippen LogP contribution >= 0.6 is 0 Å². The molecule has 8 nitrogen and oxygen atoms in total. The second-order valence-corrected chi connectivity index (χ2v) is 6.29. The van der Waals surface area contributed by atoms with Crippen molar-refractivity contribution in [3.63, 3.8) is 0 Å². The lowest BCUT2D eigenvalue weighted by Crippen LogP contribution is -2.08. The maximum absolute atomic E-state index is 14.4. The van der Waals surface area contributed by atoms with Gasteiger partial charge in [-0.2, -0.15) is 5.10 Å². The molecule has 152 valence electrons. The first-order valence-electron chi connectivity index (χ1n) is 9.22. The van der Waals surface area contributed by atoms with Crippen LogP contribution in [0.2, 0.25) is 0 Å². The number of benzene rings is 1. The summed E-state index contributed by atoms with van der Waals surface area (Å²) in [5, 5.41) is 16.3. The molecule has 0 atom stereocenters. The molecule has 0 amide bonds. The second-order valence-electron chi connectivity index (χ2n) is 6.29. The van der Waals surface area contributed by atoms with Gasteiger partial charge < -0.3 is 15.2 Å². The molecule has 0 saturated heterocycles. The maximum atomic E-state index is 14.4. The zero-order valence-corrected chi connectivity index (χ0v) is 16.2. The van der Waals surface area contributed by atoms with Gasteiger partial charge in [-0.1, -0.05) is 12.1 Å². The lowest BCUT2D eigenvalue weighted by molar-refractivity contribution is 0.311. The molecule has 0 spiro atoms. The Morgan fingerprint density at radius 3 is 2.83 bits per heavy atom. The molecular formula is C21H19FN6O2. The molecule has 0 aliphatic rings. The number of aliphatic hydroxyl groups is 1. The second kappa shape index (κ2) is 8.66. The monoisotopic (exact) mass is 406 g/mol. The average molecular weight is 406 g/mol. The first-order chi connectivity index (χ1) is 14.7. The minimum Gasteiger partial charge on any atom is -0.496 e. The molecule has 2 N–H and O–H groups in total. The van der Waals surface area contributed by atoms with Crippen molar-refractivity contribution < 1.29 is 14.2 Å². The van der Waals surface area contributed by atoms with E-state index in [2.05, 4.69) is 25.4 Å². The van der Waals surface area contributed by atoms with Crippen LogP contribution in [0.1, 0.15) is 0 Å². The summed E-state index contributed by atoms with van der Waals surface area (Å²) in [6.07, 6.45) is 5.00. The van der Waals surface area contributed by atoms with E-state index in [9.17, 15) is 4.39 Å². The Hall–Kier alpha value is -3.85. The summed E-state index contributed by atoms with van der Waals surface area (Å²) >= 11 is 0. The maximum Gasteiger partial charge on any atom is 0.166 e. The number of nitrogens with zero attached hydrogens (tertiary/aromatic N) is 5. The Morgan fingerprint density at radius 1 is 1.13 bits per heavy atom. The van der Waals surface area contributed by atoms with E-state index in [1.165, 1.54) is 13.2 Å². The molecule has 3 heterocycles. The van der Waals surface area contributed by atoms with Gasteiger partial charge in [-0.15, -0.1) is 0 Å². The number of anilines is 1. The summed E-state index contributed by atoms with van der Waals surface area (Å²) in [5.41, 5.74) is 1.52. The van der Waals surface area contributed by atoms with Crippen LogP contribution in [0.25, 0.3) is 28.5 Å². The summed E-state index contributed by atoms with van der Waals surface area (Å²) in [5.74, 6) is 1.37. The Morgan fingerprint density at radius 2 is 2.00 bits per heavy atom. The van der Waals surface area contributed by atoms with Gasteiger partial charge in [0.15, 0.2) is 11.6 Å². The SMILES string of the molecule is COc1cccc(F)c1-c1nccc(-c2cnn(-c3cccc(NCCO)n3)c2)n1. The number of hydrogen-bond donors (Lipinski definition) is 2. The van der Waals surface area contributed by atoms with E-state index in [1.54, 1.807) is 41.5 Å². The smallest absolute Gasteiger partial charge is 0.166 e. The third kappa shape index (κ3) is 3.96. The fourth-order valence-electron chi connectivity index (χ4n) is 2.95. The standard InChI is InChI=1S/C21H19FN6O2/c1-30-17-5-2-4-15(22)20(17)21-24-9-8-16(26-21)14-12-25-28(13-14)19-7-3-6-18(27-19)23-10-11-29/h2-9,12-13,29H,10-11H2,1H3,(H,23,27). The van der Waals surface area contributed by atoms with E-state index in [1.807, 2.05) is 18.2 Å². The molecule has 0 bridgehead atoms. The molecule has 0 saturated carbocycles. The Bertz CT molecular complexity index is 1160. The van der Waals surface area contributed by atoms with Crippen molar-refractivity contribution in [3.8, 4) is 34.2 Å². The van der Waals surface area contributed by atoms with Crippen molar-refractivity contribution >= 4 is 5.82 Å². The number of pyridine rings is 1. The number of methoxy groups -OCH3 is 1. The molecule has 0 aliphatic heterocycles. The van der Waals surface area contributed by atoms with Gasteiger partial charge in [0, 0.05) is 24.5 Å². The quantitative estimate of drug-likeness (QED) is 0.487. The van der Waals surface area contributed by atoms with Crippen LogP contribution in [0.4, 0.5) is 10.2 Å². The summed E-state index contributed by atoms with van der Waals surface area (Å²) in [4.78, 5) is 13.2. The number of nitrogens with one attached hydrogen (secondary N) is 1. The molecule has 0 fully saturated rings. The van der Waals surface area contributed by atoms with Crippen LogP contribution in [-0.4, -0.2) is 50.1 Å². The Labute approximate surface area is 172 Å². The highest BCUT2D eigenvalue weighted by Gasteiger charge is 2.16. The molecule has 4 rings (SSSR count). The molecule has 0 unspecified atom stereocenters. The zero-order chi connectivity index (χ0) is 20.9. The highest BCUT2D eigenvalue weighted by Crippen LogP contribution is 2.31. The van der Waals surface area contributed by atoms with Crippen LogP contribution < -0.4 is 10.1 Å².